The van der Waals surface area contributed by atoms with Gasteiger partial charge in [-0.15, -0.1) is 0 Å². The van der Waals surface area contributed by atoms with Gasteiger partial charge in [0.15, 0.2) is 0 Å². The molecule has 0 radical (unpaired) electrons. The summed E-state index contributed by atoms with van der Waals surface area (Å²) >= 11 is 0. The van der Waals surface area contributed by atoms with Crippen molar-refractivity contribution in [3.8, 4) is 0 Å². The smallest absolute Gasteiger partial charge is 0.255 e. The minimum Gasteiger partial charge on any atom is -0.359 e. The van der Waals surface area contributed by atoms with Crippen molar-refractivity contribution in [3.05, 3.63) is 47.2 Å². The van der Waals surface area contributed by atoms with Gasteiger partial charge in [0.2, 0.25) is 0 Å². The lowest BCUT2D eigenvalue weighted by Crippen LogP contribution is -2.38. The maximum absolute atomic E-state index is 12.6. The Morgan fingerprint density at radius 2 is 2.00 bits per heavy atom. The van der Waals surface area contributed by atoms with E-state index in [1.54, 1.807) is 18.5 Å². The summed E-state index contributed by atoms with van der Waals surface area (Å²) in [4.78, 5) is 30.5. The maximum Gasteiger partial charge on any atom is 0.255 e. The van der Waals surface area contributed by atoms with Crippen molar-refractivity contribution < 1.29 is 4.79 Å². The number of amides is 1. The molecular weight excluding hydrogens is 326 g/mol. The van der Waals surface area contributed by atoms with Gasteiger partial charge in [-0.2, -0.15) is 0 Å². The number of aromatic nitrogens is 3. The number of piperidine rings is 1. The average molecular weight is 351 g/mol. The van der Waals surface area contributed by atoms with Crippen LogP contribution in [0, 0.1) is 6.92 Å². The lowest BCUT2D eigenvalue weighted by atomic mass is 9.94. The molecule has 1 amide bonds. The van der Waals surface area contributed by atoms with Crippen LogP contribution in [0.25, 0.3) is 0 Å². The molecule has 0 aliphatic carbocycles. The predicted octanol–water partition coefficient (Wildman–Crippen LogP) is 2.58. The third-order valence-electron chi connectivity index (χ3n) is 5.55. The highest BCUT2D eigenvalue weighted by Gasteiger charge is 2.28. The number of fused-ring (bicyclic) bond motifs is 1. The summed E-state index contributed by atoms with van der Waals surface area (Å²) in [6, 6.07) is 3.63. The van der Waals surface area contributed by atoms with Crippen molar-refractivity contribution in [2.24, 2.45) is 0 Å². The van der Waals surface area contributed by atoms with Gasteiger partial charge in [0.25, 0.3) is 5.91 Å². The quantitative estimate of drug-likeness (QED) is 0.832. The molecule has 0 unspecified atom stereocenters. The average Bonchev–Trinajstić information content (AvgIpc) is 2.69. The number of hydrogen-bond acceptors (Lipinski definition) is 5. The van der Waals surface area contributed by atoms with Crippen LogP contribution in [-0.2, 0) is 6.42 Å². The minimum absolute atomic E-state index is 0.0684. The molecule has 4 heterocycles. The first kappa shape index (κ1) is 16.9. The number of pyridine rings is 1. The minimum atomic E-state index is 0.0684. The van der Waals surface area contributed by atoms with E-state index in [1.807, 2.05) is 11.0 Å². The van der Waals surface area contributed by atoms with E-state index in [0.717, 1.165) is 56.2 Å². The highest BCUT2D eigenvalue weighted by molar-refractivity contribution is 5.93. The number of anilines is 1. The predicted molar refractivity (Wildman–Crippen MR) is 100 cm³/mol. The fraction of sp³-hybridized carbons (Fsp3) is 0.500. The molecule has 6 nitrogen and oxygen atoms in total. The van der Waals surface area contributed by atoms with Gasteiger partial charge in [0.1, 0.15) is 11.6 Å². The molecule has 0 saturated carbocycles. The SMILES string of the molecule is Cc1nc(C2CCN(C(=O)c3cccnc3)CC2)nc2c1CCCN2C. The molecular formula is C20H25N5O. The zero-order valence-electron chi connectivity index (χ0n) is 15.5. The molecule has 2 aromatic rings. The van der Waals surface area contributed by atoms with Crippen LogP contribution in [0.5, 0.6) is 0 Å². The van der Waals surface area contributed by atoms with Crippen molar-refractivity contribution in [2.75, 3.05) is 31.6 Å². The highest BCUT2D eigenvalue weighted by Crippen LogP contribution is 2.31. The van der Waals surface area contributed by atoms with E-state index in [-0.39, 0.29) is 5.91 Å². The van der Waals surface area contributed by atoms with Crippen LogP contribution in [0.4, 0.5) is 5.82 Å². The van der Waals surface area contributed by atoms with E-state index in [9.17, 15) is 4.79 Å². The maximum atomic E-state index is 12.6. The second kappa shape index (κ2) is 7.02. The van der Waals surface area contributed by atoms with Crippen LogP contribution in [-0.4, -0.2) is 52.4 Å². The number of hydrogen-bond donors (Lipinski definition) is 0. The van der Waals surface area contributed by atoms with Gasteiger partial charge >= 0.3 is 0 Å². The molecule has 0 spiro atoms. The summed E-state index contributed by atoms with van der Waals surface area (Å²) in [6.45, 7) is 4.65. The van der Waals surface area contributed by atoms with Crippen molar-refractivity contribution in [1.29, 1.82) is 0 Å². The molecule has 4 rings (SSSR count). The third-order valence-corrected chi connectivity index (χ3v) is 5.55. The number of carbonyl (C=O) groups excluding carboxylic acids is 1. The van der Waals surface area contributed by atoms with Gasteiger partial charge in [0.05, 0.1) is 5.56 Å². The van der Waals surface area contributed by atoms with Crippen molar-refractivity contribution >= 4 is 11.7 Å². The summed E-state index contributed by atoms with van der Waals surface area (Å²) in [6.07, 6.45) is 7.39. The van der Waals surface area contributed by atoms with Crippen LogP contribution >= 0.6 is 0 Å². The van der Waals surface area contributed by atoms with Crippen molar-refractivity contribution in [1.82, 2.24) is 19.9 Å². The van der Waals surface area contributed by atoms with E-state index >= 15 is 0 Å². The van der Waals surface area contributed by atoms with Gasteiger partial charge in [-0.1, -0.05) is 0 Å². The summed E-state index contributed by atoms with van der Waals surface area (Å²) in [7, 11) is 2.11. The highest BCUT2D eigenvalue weighted by atomic mass is 16.2. The normalized spacial score (nSPS) is 17.9. The largest absolute Gasteiger partial charge is 0.359 e. The standard InChI is InChI=1S/C20H25N5O/c1-14-17-6-4-10-24(2)19(17)23-18(22-14)15-7-11-25(12-8-15)20(26)16-5-3-9-21-13-16/h3,5,9,13,15H,4,6-8,10-12H2,1-2H3. The van der Waals surface area contributed by atoms with Crippen molar-refractivity contribution in [3.63, 3.8) is 0 Å². The van der Waals surface area contributed by atoms with E-state index in [1.165, 1.54) is 12.0 Å². The molecule has 0 atom stereocenters. The molecule has 0 aromatic carbocycles. The number of aryl methyl sites for hydroxylation is 1. The van der Waals surface area contributed by atoms with Gasteiger partial charge in [-0.05, 0) is 44.7 Å². The summed E-state index contributed by atoms with van der Waals surface area (Å²) < 4.78 is 0. The first-order valence-corrected chi connectivity index (χ1v) is 9.41. The van der Waals surface area contributed by atoms with Crippen LogP contribution in [0.2, 0.25) is 0 Å². The molecule has 2 aromatic heterocycles. The summed E-state index contributed by atoms with van der Waals surface area (Å²) in [5.74, 6) is 2.45. The van der Waals surface area contributed by atoms with Gasteiger partial charge < -0.3 is 9.80 Å². The van der Waals surface area contributed by atoms with E-state index in [0.29, 0.717) is 11.5 Å². The fourth-order valence-corrected chi connectivity index (χ4v) is 4.00. The molecule has 1 fully saturated rings. The van der Waals surface area contributed by atoms with E-state index in [4.69, 9.17) is 9.97 Å². The Kier molecular flexibility index (Phi) is 4.57. The topological polar surface area (TPSA) is 62.2 Å². The van der Waals surface area contributed by atoms with Crippen LogP contribution in [0.3, 0.4) is 0 Å². The Bertz CT molecular complexity index is 799. The third kappa shape index (κ3) is 3.16. The Balaban J connectivity index is 1.48. The second-order valence-corrected chi connectivity index (χ2v) is 7.30. The monoisotopic (exact) mass is 351 g/mol. The lowest BCUT2D eigenvalue weighted by Gasteiger charge is -2.33. The first-order valence-electron chi connectivity index (χ1n) is 9.41. The molecule has 0 N–H and O–H groups in total. The number of nitrogens with zero attached hydrogens (tertiary/aromatic N) is 5. The van der Waals surface area contributed by atoms with Crippen LogP contribution in [0.15, 0.2) is 24.5 Å². The van der Waals surface area contributed by atoms with Gasteiger partial charge in [0, 0.05) is 56.3 Å². The van der Waals surface area contributed by atoms with Crippen LogP contribution in [0.1, 0.15) is 52.6 Å². The van der Waals surface area contributed by atoms with Crippen molar-refractivity contribution in [2.45, 2.75) is 38.5 Å². The summed E-state index contributed by atoms with van der Waals surface area (Å²) in [5, 5.41) is 0. The molecule has 2 aliphatic heterocycles. The Labute approximate surface area is 154 Å². The Morgan fingerprint density at radius 3 is 2.73 bits per heavy atom. The molecule has 136 valence electrons. The molecule has 0 bridgehead atoms. The van der Waals surface area contributed by atoms with Gasteiger partial charge in [-0.3, -0.25) is 9.78 Å². The van der Waals surface area contributed by atoms with E-state index < -0.39 is 0 Å². The zero-order valence-corrected chi connectivity index (χ0v) is 15.5. The second-order valence-electron chi connectivity index (χ2n) is 7.30. The van der Waals surface area contributed by atoms with E-state index in [2.05, 4.69) is 23.9 Å². The zero-order chi connectivity index (χ0) is 18.1. The van der Waals surface area contributed by atoms with Crippen LogP contribution < -0.4 is 4.90 Å². The molecule has 2 aliphatic rings. The molecule has 6 heteroatoms. The Morgan fingerprint density at radius 1 is 1.19 bits per heavy atom. The number of rotatable bonds is 2. The molecule has 26 heavy (non-hydrogen) atoms. The first-order chi connectivity index (χ1) is 12.6. The number of likely N-dealkylation sites (tertiary alicyclic amines) is 1. The Hall–Kier alpha value is -2.50. The molecule has 1 saturated heterocycles. The number of carbonyl (C=O) groups is 1. The fourth-order valence-electron chi connectivity index (χ4n) is 4.00. The lowest BCUT2D eigenvalue weighted by molar-refractivity contribution is 0.0710. The van der Waals surface area contributed by atoms with Gasteiger partial charge in [-0.25, -0.2) is 9.97 Å². The summed E-state index contributed by atoms with van der Waals surface area (Å²) in [5.41, 5.74) is 3.07.